The minimum absolute atomic E-state index is 0.0134. The van der Waals surface area contributed by atoms with Gasteiger partial charge in [-0.1, -0.05) is 91.0 Å². The highest BCUT2D eigenvalue weighted by atomic mass is 16.7. The molecule has 5 unspecified atom stereocenters. The molecule has 5 aromatic carbocycles. The molecule has 1 heterocycles. The number of morpholine rings is 1. The molecule has 0 aromatic heterocycles. The Hall–Kier alpha value is -6.38. The first-order valence-electron chi connectivity index (χ1n) is 52.8. The maximum atomic E-state index is 8.64. The van der Waals surface area contributed by atoms with E-state index < -0.39 is 24.4 Å². The average Bonchev–Trinajstić information content (AvgIpc) is 0.877. The first kappa shape index (κ1) is 132. The maximum Gasteiger partial charge on any atom is 0.145 e. The number of nitrogens with zero attached hydrogens (tertiary/aromatic N) is 1. The van der Waals surface area contributed by atoms with Crippen LogP contribution in [0.15, 0.2) is 152 Å². The lowest BCUT2D eigenvalue weighted by atomic mass is 10.3. The van der Waals surface area contributed by atoms with Crippen molar-refractivity contribution in [2.24, 2.45) is 0 Å². The molecule has 42 nitrogen and oxygen atoms in total. The fraction of sp³-hybridized carbons (Fsp3) is 0.722. The van der Waals surface area contributed by atoms with E-state index in [1.807, 2.05) is 152 Å². The second-order valence-corrected chi connectivity index (χ2v) is 32.4. The molecule has 6 rings (SSSR count). The monoisotopic (exact) mass is 2140 g/mol. The van der Waals surface area contributed by atoms with Gasteiger partial charge in [0.1, 0.15) is 92.4 Å². The summed E-state index contributed by atoms with van der Waals surface area (Å²) in [5, 5.41) is 8.64. The summed E-state index contributed by atoms with van der Waals surface area (Å²) in [6.45, 7) is 31.1. The molecule has 0 amide bonds. The quantitative estimate of drug-likeness (QED) is 0.0380. The summed E-state index contributed by atoms with van der Waals surface area (Å²) < 4.78 is 231. The Morgan fingerprint density at radius 3 is 0.487 bits per heavy atom. The Labute approximate surface area is 888 Å². The number of hydrogen-bond donors (Lipinski definition) is 1. The molecule has 150 heavy (non-hydrogen) atoms. The zero-order valence-electron chi connectivity index (χ0n) is 88.7. The van der Waals surface area contributed by atoms with Gasteiger partial charge in [0.2, 0.25) is 0 Å². The second-order valence-electron chi connectivity index (χ2n) is 32.4. The normalized spacial score (nSPS) is 13.4. The predicted molar refractivity (Wildman–Crippen MR) is 552 cm³/mol. The van der Waals surface area contributed by atoms with E-state index >= 15 is 0 Å². The number of aliphatic hydroxyl groups is 1. The molecule has 0 spiro atoms. The van der Waals surface area contributed by atoms with Gasteiger partial charge in [-0.25, -0.2) is 0 Å². The van der Waals surface area contributed by atoms with Crippen LogP contribution in [0, 0.1) is 0 Å². The minimum atomic E-state index is -0.574. The summed E-state index contributed by atoms with van der Waals surface area (Å²) in [6, 6.07) is 48.1. The third kappa shape index (κ3) is 84.9. The van der Waals surface area contributed by atoms with Crippen molar-refractivity contribution in [2.75, 3.05) is 482 Å². The van der Waals surface area contributed by atoms with Crippen molar-refractivity contribution < 1.29 is 195 Å². The number of para-hydroxylation sites is 5. The molecule has 0 bridgehead atoms. The van der Waals surface area contributed by atoms with Crippen LogP contribution in [0.1, 0.15) is 0 Å². The van der Waals surface area contributed by atoms with Gasteiger partial charge in [0.25, 0.3) is 0 Å². The molecule has 1 saturated heterocycles. The lowest BCUT2D eigenvalue weighted by Gasteiger charge is -2.35. The first-order chi connectivity index (χ1) is 74.7. The zero-order chi connectivity index (χ0) is 105. The molecule has 5 atom stereocenters. The van der Waals surface area contributed by atoms with Gasteiger partial charge in [-0.2, -0.15) is 0 Å². The van der Waals surface area contributed by atoms with Gasteiger partial charge in [0.15, 0.2) is 0 Å². The van der Waals surface area contributed by atoms with E-state index in [1.165, 1.54) is 0 Å². The Morgan fingerprint density at radius 2 is 0.313 bits per heavy atom. The highest BCUT2D eigenvalue weighted by Gasteiger charge is 2.27. The van der Waals surface area contributed by atoms with Crippen LogP contribution >= 0.6 is 0 Å². The zero-order valence-corrected chi connectivity index (χ0v) is 88.7. The van der Waals surface area contributed by atoms with E-state index in [0.29, 0.717) is 439 Å². The fourth-order valence-corrected chi connectivity index (χ4v) is 12.8. The van der Waals surface area contributed by atoms with Gasteiger partial charge in [0.05, 0.1) is 436 Å². The summed E-state index contributed by atoms with van der Waals surface area (Å²) in [5.41, 5.74) is 0. The lowest BCUT2D eigenvalue weighted by Crippen LogP contribution is -2.49. The van der Waals surface area contributed by atoms with Crippen LogP contribution in [0.4, 0.5) is 0 Å². The number of rotatable bonds is 118. The molecular formula is C108H177NO41. The third-order valence-electron chi connectivity index (χ3n) is 20.6. The summed E-state index contributed by atoms with van der Waals surface area (Å²) in [4.78, 5) is 2.23. The van der Waals surface area contributed by atoms with E-state index in [1.54, 1.807) is 0 Å². The van der Waals surface area contributed by atoms with E-state index in [4.69, 9.17) is 195 Å². The molecule has 42 heteroatoms. The van der Waals surface area contributed by atoms with Crippen LogP contribution in [0.2, 0.25) is 0 Å². The van der Waals surface area contributed by atoms with Gasteiger partial charge in [-0.3, -0.25) is 4.90 Å². The van der Waals surface area contributed by atoms with Crippen LogP contribution in [-0.2, 0) is 166 Å². The lowest BCUT2D eigenvalue weighted by molar-refractivity contribution is -0.152. The van der Waals surface area contributed by atoms with Crippen LogP contribution in [0.5, 0.6) is 28.7 Å². The Kier molecular flexibility index (Phi) is 93.1. The minimum Gasteiger partial charge on any atom is -0.491 e. The van der Waals surface area contributed by atoms with Crippen molar-refractivity contribution in [2.45, 2.75) is 30.6 Å². The van der Waals surface area contributed by atoms with Crippen molar-refractivity contribution in [1.82, 2.24) is 4.90 Å². The van der Waals surface area contributed by atoms with Crippen molar-refractivity contribution in [3.63, 3.8) is 0 Å². The molecule has 5 aromatic rings. The molecule has 1 aliphatic rings. The summed E-state index contributed by atoms with van der Waals surface area (Å²) >= 11 is 0. The fourth-order valence-electron chi connectivity index (χ4n) is 12.8. The van der Waals surface area contributed by atoms with E-state index in [9.17, 15) is 0 Å². The SMILES string of the molecule is OCCOCCOCCOCCOCCOCCOCCOCCOCCOCCOCCOCCOCCOCCOCCOCCOCCOCCOCCOCCOCCOCCOCCOCCOCCOCCOCCOCCOCCOCCOC(COc1ccccc1)COC(COc1ccccc1)COC(COc1ccccc1)COC(COc1ccccc1)COC(COc1ccccc1)N1CCOCC1. The van der Waals surface area contributed by atoms with Crippen LogP contribution in [0.3, 0.4) is 0 Å². The van der Waals surface area contributed by atoms with E-state index in [0.717, 1.165) is 5.75 Å². The number of aliphatic hydroxyl groups excluding tert-OH is 1. The van der Waals surface area contributed by atoms with E-state index in [2.05, 4.69) is 4.90 Å². The van der Waals surface area contributed by atoms with Gasteiger partial charge >= 0.3 is 0 Å². The Morgan fingerprint density at radius 1 is 0.167 bits per heavy atom. The van der Waals surface area contributed by atoms with Gasteiger partial charge < -0.3 is 195 Å². The van der Waals surface area contributed by atoms with Crippen molar-refractivity contribution >= 4 is 0 Å². The molecule has 0 aliphatic carbocycles. The third-order valence-corrected chi connectivity index (χ3v) is 20.6. The molecular weight excluding hydrogens is 1970 g/mol. The molecule has 1 fully saturated rings. The predicted octanol–water partition coefficient (Wildman–Crippen LogP) is 7.07. The van der Waals surface area contributed by atoms with Crippen LogP contribution in [0.25, 0.3) is 0 Å². The molecule has 860 valence electrons. The van der Waals surface area contributed by atoms with Crippen molar-refractivity contribution in [3.05, 3.63) is 152 Å². The van der Waals surface area contributed by atoms with E-state index in [-0.39, 0.29) is 72.3 Å². The standard InChI is InChI=1S/C108H177NO41/c110-28-31-112-32-33-113-34-35-114-36-37-115-38-39-116-40-41-117-42-43-118-44-45-119-46-47-120-48-49-121-50-51-122-52-53-123-54-55-124-56-57-125-58-59-126-60-61-127-62-63-128-64-65-129-66-67-130-68-69-131-70-71-132-72-73-133-74-75-134-76-77-135-78-79-136-80-81-137-82-83-138-84-85-139-86-87-140-88-89-141-104(90-142-99-16-6-1-7-17-99)91-146-105(92-143-100-18-8-2-9-19-100)95-147-106(93-144-101-20-10-3-11-21-101)96-148-107(94-145-102-22-12-4-13-23-102)97-150-108(109-26-29-111-30-27-109)98-149-103-24-14-5-15-25-103/h1-25,104-108,110H,26-98H2. The van der Waals surface area contributed by atoms with Crippen LogP contribution in [-0.4, -0.2) is 523 Å². The Bertz CT molecular complexity index is 3500. The highest BCUT2D eigenvalue weighted by molar-refractivity contribution is 5.24. The topological polar surface area (TPSA) is 393 Å². The first-order valence-corrected chi connectivity index (χ1v) is 52.8. The summed E-state index contributed by atoms with van der Waals surface area (Å²) in [5.74, 6) is 3.54. The van der Waals surface area contributed by atoms with Crippen LogP contribution < -0.4 is 23.7 Å². The molecule has 0 radical (unpaired) electrons. The summed E-state index contributed by atoms with van der Waals surface area (Å²) in [6.07, 6.45) is -2.54. The maximum absolute atomic E-state index is 8.64. The smallest absolute Gasteiger partial charge is 0.145 e. The average molecular weight is 2150 g/mol. The number of ether oxygens (including phenoxy) is 40. The van der Waals surface area contributed by atoms with Crippen molar-refractivity contribution in [3.8, 4) is 28.7 Å². The summed E-state index contributed by atoms with van der Waals surface area (Å²) in [7, 11) is 0. The van der Waals surface area contributed by atoms with Gasteiger partial charge in [0, 0.05) is 13.1 Å². The van der Waals surface area contributed by atoms with Gasteiger partial charge in [-0.05, 0) is 60.7 Å². The molecule has 1 aliphatic heterocycles. The van der Waals surface area contributed by atoms with Crippen molar-refractivity contribution in [1.29, 1.82) is 0 Å². The molecule has 1 N–H and O–H groups in total. The number of hydrogen-bond acceptors (Lipinski definition) is 42. The second kappa shape index (κ2) is 106. The number of benzene rings is 5. The molecule has 0 saturated carbocycles. The Balaban J connectivity index is 0.615. The largest absolute Gasteiger partial charge is 0.491 e. The van der Waals surface area contributed by atoms with Gasteiger partial charge in [-0.15, -0.1) is 0 Å². The highest BCUT2D eigenvalue weighted by Crippen LogP contribution is 2.19.